The van der Waals surface area contributed by atoms with E-state index in [1.165, 1.54) is 0 Å². The second kappa shape index (κ2) is 2.89. The van der Waals surface area contributed by atoms with Crippen LogP contribution in [0, 0.1) is 6.92 Å². The molecule has 2 aliphatic rings. The molecule has 1 aliphatic heterocycles. The molecule has 0 radical (unpaired) electrons. The molecule has 0 saturated heterocycles. The molecule has 1 aromatic rings. The Bertz CT molecular complexity index is 438. The summed E-state index contributed by atoms with van der Waals surface area (Å²) in [5.74, 6) is 1.44. The zero-order valence-corrected chi connectivity index (χ0v) is 9.93. The van der Waals surface area contributed by atoms with Gasteiger partial charge in [-0.3, -0.25) is 0 Å². The molecule has 1 aliphatic carbocycles. The number of hydrogen-bond acceptors (Lipinski definition) is 3. The first-order valence-corrected chi connectivity index (χ1v) is 5.73. The lowest BCUT2D eigenvalue weighted by Gasteiger charge is -2.15. The average Bonchev–Trinajstić information content (AvgIpc) is 2.76. The van der Waals surface area contributed by atoms with Gasteiger partial charge in [0, 0.05) is 10.0 Å². The van der Waals surface area contributed by atoms with Crippen molar-refractivity contribution in [2.24, 2.45) is 0 Å². The maximum absolute atomic E-state index is 10.2. The third-order valence-corrected chi connectivity index (χ3v) is 3.87. The summed E-state index contributed by atoms with van der Waals surface area (Å²) < 4.78 is 11.7. The topological polar surface area (TPSA) is 38.7 Å². The predicted molar refractivity (Wildman–Crippen MR) is 58.1 cm³/mol. The normalized spacial score (nSPS) is 20.5. The number of aliphatic hydroxyl groups is 1. The Kier molecular flexibility index (Phi) is 1.83. The van der Waals surface area contributed by atoms with Gasteiger partial charge in [-0.1, -0.05) is 15.9 Å². The second-order valence-corrected chi connectivity index (χ2v) is 4.98. The Morgan fingerprint density at radius 3 is 2.80 bits per heavy atom. The summed E-state index contributed by atoms with van der Waals surface area (Å²) in [7, 11) is 0. The summed E-state index contributed by atoms with van der Waals surface area (Å²) in [6, 6.07) is 1.90. The summed E-state index contributed by atoms with van der Waals surface area (Å²) in [6.07, 6.45) is 1.61. The van der Waals surface area contributed by atoms with Crippen molar-refractivity contribution in [3.8, 4) is 11.5 Å². The van der Waals surface area contributed by atoms with Crippen molar-refractivity contribution in [3.63, 3.8) is 0 Å². The van der Waals surface area contributed by atoms with Gasteiger partial charge in [0.05, 0.1) is 5.60 Å². The van der Waals surface area contributed by atoms with Crippen molar-refractivity contribution in [2.45, 2.75) is 25.4 Å². The van der Waals surface area contributed by atoms with Gasteiger partial charge in [0.25, 0.3) is 0 Å². The molecule has 15 heavy (non-hydrogen) atoms. The van der Waals surface area contributed by atoms with Crippen molar-refractivity contribution < 1.29 is 14.6 Å². The monoisotopic (exact) mass is 270 g/mol. The molecule has 0 spiro atoms. The number of hydrogen-bond donors (Lipinski definition) is 1. The Morgan fingerprint density at radius 2 is 2.13 bits per heavy atom. The third-order valence-electron chi connectivity index (χ3n) is 3.05. The van der Waals surface area contributed by atoms with Crippen LogP contribution in [-0.4, -0.2) is 11.9 Å². The highest BCUT2D eigenvalue weighted by atomic mass is 79.9. The van der Waals surface area contributed by atoms with Gasteiger partial charge < -0.3 is 14.6 Å². The zero-order chi connectivity index (χ0) is 10.6. The number of rotatable bonds is 1. The van der Waals surface area contributed by atoms with Crippen molar-refractivity contribution >= 4 is 15.9 Å². The van der Waals surface area contributed by atoms with Gasteiger partial charge >= 0.3 is 0 Å². The minimum absolute atomic E-state index is 0.244. The first-order chi connectivity index (χ1) is 7.12. The fourth-order valence-corrected chi connectivity index (χ4v) is 2.44. The van der Waals surface area contributed by atoms with E-state index >= 15 is 0 Å². The summed E-state index contributed by atoms with van der Waals surface area (Å²) in [4.78, 5) is 0. The Labute approximate surface area is 96.1 Å². The highest BCUT2D eigenvalue weighted by Crippen LogP contribution is 2.54. The van der Waals surface area contributed by atoms with E-state index in [4.69, 9.17) is 9.47 Å². The number of ether oxygens (including phenoxy) is 2. The molecule has 0 amide bonds. The van der Waals surface area contributed by atoms with Gasteiger partial charge in [-0.2, -0.15) is 0 Å². The molecule has 4 heteroatoms. The standard InChI is InChI=1S/C11H11BrO3/c1-6-7(12)4-8-10(15-5-14-8)9(6)11(13)2-3-11/h4,13H,2-3,5H2,1H3. The van der Waals surface area contributed by atoms with Crippen LogP contribution in [0.3, 0.4) is 0 Å². The van der Waals surface area contributed by atoms with Gasteiger partial charge in [0.15, 0.2) is 11.5 Å². The van der Waals surface area contributed by atoms with E-state index in [1.807, 2.05) is 13.0 Å². The van der Waals surface area contributed by atoms with E-state index in [1.54, 1.807) is 0 Å². The lowest BCUT2D eigenvalue weighted by atomic mass is 10.00. The van der Waals surface area contributed by atoms with Crippen LogP contribution in [0.4, 0.5) is 0 Å². The molecular formula is C11H11BrO3. The maximum atomic E-state index is 10.2. The van der Waals surface area contributed by atoms with Crippen molar-refractivity contribution in [1.82, 2.24) is 0 Å². The van der Waals surface area contributed by atoms with Gasteiger partial charge in [-0.15, -0.1) is 0 Å². The smallest absolute Gasteiger partial charge is 0.231 e. The van der Waals surface area contributed by atoms with Crippen LogP contribution in [0.1, 0.15) is 24.0 Å². The molecule has 1 heterocycles. The molecule has 1 saturated carbocycles. The highest BCUT2D eigenvalue weighted by molar-refractivity contribution is 9.10. The van der Waals surface area contributed by atoms with Crippen LogP contribution < -0.4 is 9.47 Å². The van der Waals surface area contributed by atoms with Crippen molar-refractivity contribution in [1.29, 1.82) is 0 Å². The lowest BCUT2D eigenvalue weighted by Crippen LogP contribution is -2.08. The van der Waals surface area contributed by atoms with E-state index in [0.29, 0.717) is 0 Å². The van der Waals surface area contributed by atoms with E-state index in [-0.39, 0.29) is 6.79 Å². The zero-order valence-electron chi connectivity index (χ0n) is 8.34. The van der Waals surface area contributed by atoms with Crippen LogP contribution in [0.5, 0.6) is 11.5 Å². The molecular weight excluding hydrogens is 260 g/mol. The molecule has 1 N–H and O–H groups in total. The largest absolute Gasteiger partial charge is 0.454 e. The fraction of sp³-hybridized carbons (Fsp3) is 0.455. The number of halogens is 1. The first kappa shape index (κ1) is 9.48. The SMILES string of the molecule is Cc1c(Br)cc2c(c1C1(O)CC1)OCO2. The third kappa shape index (κ3) is 1.28. The maximum Gasteiger partial charge on any atom is 0.231 e. The summed E-state index contributed by atoms with van der Waals surface area (Å²) in [6.45, 7) is 2.23. The van der Waals surface area contributed by atoms with E-state index < -0.39 is 5.60 Å². The van der Waals surface area contributed by atoms with Crippen LogP contribution in [0.25, 0.3) is 0 Å². The van der Waals surface area contributed by atoms with Crippen molar-refractivity contribution in [2.75, 3.05) is 6.79 Å². The predicted octanol–water partition coefficient (Wildman–Crippen LogP) is 2.47. The average molecular weight is 271 g/mol. The molecule has 0 bridgehead atoms. The van der Waals surface area contributed by atoms with Gasteiger partial charge in [0.2, 0.25) is 6.79 Å². The molecule has 1 fully saturated rings. The van der Waals surface area contributed by atoms with E-state index in [2.05, 4.69) is 15.9 Å². The van der Waals surface area contributed by atoms with Crippen LogP contribution in [-0.2, 0) is 5.60 Å². The van der Waals surface area contributed by atoms with Crippen LogP contribution >= 0.6 is 15.9 Å². The van der Waals surface area contributed by atoms with Crippen molar-refractivity contribution in [3.05, 3.63) is 21.7 Å². The molecule has 0 unspecified atom stereocenters. The number of fused-ring (bicyclic) bond motifs is 1. The molecule has 80 valence electrons. The Balaban J connectivity index is 2.26. The molecule has 0 aromatic heterocycles. The Morgan fingerprint density at radius 1 is 1.40 bits per heavy atom. The molecule has 1 aromatic carbocycles. The first-order valence-electron chi connectivity index (χ1n) is 4.93. The fourth-order valence-electron chi connectivity index (χ4n) is 2.03. The highest BCUT2D eigenvalue weighted by Gasteiger charge is 2.47. The summed E-state index contributed by atoms with van der Waals surface area (Å²) in [5, 5.41) is 10.2. The summed E-state index contributed by atoms with van der Waals surface area (Å²) in [5.41, 5.74) is 1.25. The number of benzene rings is 1. The quantitative estimate of drug-likeness (QED) is 0.852. The molecule has 3 nitrogen and oxygen atoms in total. The molecule has 3 rings (SSSR count). The minimum atomic E-state index is -0.689. The van der Waals surface area contributed by atoms with Gasteiger partial charge in [-0.05, 0) is 31.4 Å². The van der Waals surface area contributed by atoms with Crippen LogP contribution in [0.2, 0.25) is 0 Å². The summed E-state index contributed by atoms with van der Waals surface area (Å²) >= 11 is 3.47. The second-order valence-electron chi connectivity index (χ2n) is 4.12. The van der Waals surface area contributed by atoms with Gasteiger partial charge in [0.1, 0.15) is 0 Å². The molecule has 0 atom stereocenters. The van der Waals surface area contributed by atoms with E-state index in [9.17, 15) is 5.11 Å². The van der Waals surface area contributed by atoms with Gasteiger partial charge in [-0.25, -0.2) is 0 Å². The Hall–Kier alpha value is -0.740. The lowest BCUT2D eigenvalue weighted by molar-refractivity contribution is 0.139. The van der Waals surface area contributed by atoms with Crippen LogP contribution in [0.15, 0.2) is 10.5 Å². The van der Waals surface area contributed by atoms with E-state index in [0.717, 1.165) is 39.9 Å². The minimum Gasteiger partial charge on any atom is -0.454 e.